The monoisotopic (exact) mass is 290 g/mol. The van der Waals surface area contributed by atoms with Gasteiger partial charge in [0.1, 0.15) is 6.10 Å². The van der Waals surface area contributed by atoms with E-state index in [0.717, 1.165) is 17.3 Å². The Morgan fingerprint density at radius 3 is 2.81 bits per heavy atom. The number of hydrogen-bond donors (Lipinski definition) is 1. The van der Waals surface area contributed by atoms with Gasteiger partial charge < -0.3 is 14.4 Å². The number of aromatic nitrogens is 1. The van der Waals surface area contributed by atoms with Crippen molar-refractivity contribution in [1.29, 1.82) is 0 Å². The topological polar surface area (TPSA) is 77.5 Å². The number of nitro benzene ring substituents is 1. The Kier molecular flexibility index (Phi) is 3.43. The van der Waals surface area contributed by atoms with Gasteiger partial charge in [0.2, 0.25) is 0 Å². The van der Waals surface area contributed by atoms with E-state index in [0.29, 0.717) is 0 Å². The number of fused-ring (bicyclic) bond motifs is 1. The number of aliphatic hydroxyl groups is 1. The maximum atomic E-state index is 10.8. The molecule has 0 bridgehead atoms. The third kappa shape index (κ3) is 2.20. The molecule has 1 aliphatic rings. The lowest BCUT2D eigenvalue weighted by molar-refractivity contribution is -0.384. The van der Waals surface area contributed by atoms with E-state index in [2.05, 4.69) is 0 Å². The van der Waals surface area contributed by atoms with E-state index in [9.17, 15) is 15.2 Å². The number of rotatable bonds is 3. The lowest BCUT2D eigenvalue weighted by atomic mass is 9.99. The molecule has 1 N–H and O–H groups in total. The minimum absolute atomic E-state index is 0.0282. The molecule has 1 saturated heterocycles. The van der Waals surface area contributed by atoms with Crippen molar-refractivity contribution in [2.45, 2.75) is 38.7 Å². The summed E-state index contributed by atoms with van der Waals surface area (Å²) in [6, 6.07) is 6.52. The smallest absolute Gasteiger partial charge is 0.270 e. The Labute approximate surface area is 122 Å². The van der Waals surface area contributed by atoms with Crippen LogP contribution in [0, 0.1) is 16.0 Å². The number of nitrogens with zero attached hydrogens (tertiary/aromatic N) is 2. The number of non-ortho nitro benzene ring substituents is 1. The highest BCUT2D eigenvalue weighted by Gasteiger charge is 2.41. The van der Waals surface area contributed by atoms with E-state index in [1.807, 2.05) is 30.7 Å². The van der Waals surface area contributed by atoms with E-state index in [1.165, 1.54) is 12.1 Å². The van der Waals surface area contributed by atoms with Crippen LogP contribution in [0.25, 0.3) is 10.9 Å². The van der Waals surface area contributed by atoms with Crippen molar-refractivity contribution in [3.63, 3.8) is 0 Å². The van der Waals surface area contributed by atoms with Crippen molar-refractivity contribution in [2.75, 3.05) is 0 Å². The van der Waals surface area contributed by atoms with Crippen LogP contribution < -0.4 is 0 Å². The van der Waals surface area contributed by atoms with Gasteiger partial charge >= 0.3 is 0 Å². The molecule has 6 nitrogen and oxygen atoms in total. The van der Waals surface area contributed by atoms with Crippen molar-refractivity contribution in [2.24, 2.45) is 5.92 Å². The Hall–Kier alpha value is -1.92. The minimum Gasteiger partial charge on any atom is -0.388 e. The molecule has 2 heterocycles. The maximum absolute atomic E-state index is 10.8. The molecule has 1 aromatic heterocycles. The van der Waals surface area contributed by atoms with Crippen molar-refractivity contribution >= 4 is 16.6 Å². The number of aliphatic hydroxyl groups excluding tert-OH is 1. The lowest BCUT2D eigenvalue weighted by Gasteiger charge is -2.18. The first-order chi connectivity index (χ1) is 10.0. The fourth-order valence-corrected chi connectivity index (χ4v) is 3.05. The van der Waals surface area contributed by atoms with Gasteiger partial charge in [0.15, 0.2) is 6.23 Å². The molecule has 112 valence electrons. The second-order valence-corrected chi connectivity index (χ2v) is 5.55. The predicted octanol–water partition coefficient (Wildman–Crippen LogP) is 2.85. The summed E-state index contributed by atoms with van der Waals surface area (Å²) in [6.07, 6.45) is 1.66. The first-order valence-electron chi connectivity index (χ1n) is 7.11. The SMILES string of the molecule is CC[C@H]1O[C@@H](n2ccc3cc([N+](=O)[O-])ccc32)[C@@H](O)C1C. The zero-order valence-electron chi connectivity index (χ0n) is 12.0. The summed E-state index contributed by atoms with van der Waals surface area (Å²) < 4.78 is 7.80. The Balaban J connectivity index is 2.00. The number of hydrogen-bond acceptors (Lipinski definition) is 4. The number of ether oxygens (including phenoxy) is 1. The molecule has 0 aliphatic carbocycles. The summed E-state index contributed by atoms with van der Waals surface area (Å²) in [4.78, 5) is 10.4. The van der Waals surface area contributed by atoms with E-state index in [4.69, 9.17) is 4.74 Å². The van der Waals surface area contributed by atoms with Crippen LogP contribution in [0.3, 0.4) is 0 Å². The summed E-state index contributed by atoms with van der Waals surface area (Å²) in [6.45, 7) is 4.02. The van der Waals surface area contributed by atoms with Crippen molar-refractivity contribution in [1.82, 2.24) is 4.57 Å². The highest BCUT2D eigenvalue weighted by atomic mass is 16.6. The predicted molar refractivity (Wildman–Crippen MR) is 78.0 cm³/mol. The molecule has 21 heavy (non-hydrogen) atoms. The number of nitro groups is 1. The first kappa shape index (κ1) is 14.0. The van der Waals surface area contributed by atoms with E-state index >= 15 is 0 Å². The van der Waals surface area contributed by atoms with Gasteiger partial charge in [-0.3, -0.25) is 10.1 Å². The summed E-state index contributed by atoms with van der Waals surface area (Å²) in [7, 11) is 0. The molecule has 1 unspecified atom stereocenters. The maximum Gasteiger partial charge on any atom is 0.270 e. The van der Waals surface area contributed by atoms with Crippen LogP contribution in [-0.2, 0) is 4.74 Å². The molecule has 0 radical (unpaired) electrons. The van der Waals surface area contributed by atoms with Gasteiger partial charge in [-0.05, 0) is 18.6 Å². The molecule has 6 heteroatoms. The zero-order chi connectivity index (χ0) is 15.1. The Morgan fingerprint density at radius 1 is 1.43 bits per heavy atom. The van der Waals surface area contributed by atoms with Gasteiger partial charge in [-0.1, -0.05) is 13.8 Å². The molecule has 0 spiro atoms. The molecule has 1 aliphatic heterocycles. The van der Waals surface area contributed by atoms with E-state index < -0.39 is 17.3 Å². The average Bonchev–Trinajstić information content (AvgIpc) is 3.01. The van der Waals surface area contributed by atoms with Gasteiger partial charge in [-0.2, -0.15) is 0 Å². The van der Waals surface area contributed by atoms with Crippen molar-refractivity contribution in [3.05, 3.63) is 40.6 Å². The van der Waals surface area contributed by atoms with Crippen LogP contribution in [0.5, 0.6) is 0 Å². The molecular weight excluding hydrogens is 272 g/mol. The normalized spacial score (nSPS) is 29.1. The summed E-state index contributed by atoms with van der Waals surface area (Å²) >= 11 is 0. The van der Waals surface area contributed by atoms with Crippen LogP contribution in [0.1, 0.15) is 26.5 Å². The van der Waals surface area contributed by atoms with Gasteiger partial charge in [0.25, 0.3) is 5.69 Å². The van der Waals surface area contributed by atoms with Gasteiger partial charge in [0.05, 0.1) is 16.5 Å². The first-order valence-corrected chi connectivity index (χ1v) is 7.11. The fourth-order valence-electron chi connectivity index (χ4n) is 3.05. The molecule has 3 rings (SSSR count). The molecule has 1 aromatic carbocycles. The summed E-state index contributed by atoms with van der Waals surface area (Å²) in [5.74, 6) is 0.0653. The highest BCUT2D eigenvalue weighted by molar-refractivity contribution is 5.82. The molecule has 0 saturated carbocycles. The molecule has 2 aromatic rings. The zero-order valence-corrected chi connectivity index (χ0v) is 12.0. The Bertz CT molecular complexity index is 681. The van der Waals surface area contributed by atoms with Crippen LogP contribution in [0.2, 0.25) is 0 Å². The van der Waals surface area contributed by atoms with E-state index in [-0.39, 0.29) is 17.7 Å². The average molecular weight is 290 g/mol. The van der Waals surface area contributed by atoms with Crippen LogP contribution >= 0.6 is 0 Å². The van der Waals surface area contributed by atoms with E-state index in [1.54, 1.807) is 6.07 Å². The highest BCUT2D eigenvalue weighted by Crippen LogP contribution is 2.37. The van der Waals surface area contributed by atoms with Gasteiger partial charge in [0, 0.05) is 29.6 Å². The molecule has 1 fully saturated rings. The van der Waals surface area contributed by atoms with Crippen molar-refractivity contribution < 1.29 is 14.8 Å². The van der Waals surface area contributed by atoms with Crippen LogP contribution in [-0.4, -0.2) is 26.8 Å². The second kappa shape index (κ2) is 5.13. The number of benzene rings is 1. The third-order valence-electron chi connectivity index (χ3n) is 4.32. The minimum atomic E-state index is -0.583. The summed E-state index contributed by atoms with van der Waals surface area (Å²) in [5, 5.41) is 22.0. The lowest BCUT2D eigenvalue weighted by Crippen LogP contribution is -2.23. The fraction of sp³-hybridized carbons (Fsp3) is 0.467. The van der Waals surface area contributed by atoms with Gasteiger partial charge in [-0.25, -0.2) is 0 Å². The third-order valence-corrected chi connectivity index (χ3v) is 4.32. The second-order valence-electron chi connectivity index (χ2n) is 5.55. The molecule has 0 amide bonds. The molecular formula is C15H18N2O4. The quantitative estimate of drug-likeness (QED) is 0.696. The largest absolute Gasteiger partial charge is 0.388 e. The molecule has 4 atom stereocenters. The van der Waals surface area contributed by atoms with Crippen LogP contribution in [0.4, 0.5) is 5.69 Å². The van der Waals surface area contributed by atoms with Gasteiger partial charge in [-0.15, -0.1) is 0 Å². The van der Waals surface area contributed by atoms with Crippen LogP contribution in [0.15, 0.2) is 30.5 Å². The van der Waals surface area contributed by atoms with Crippen molar-refractivity contribution in [3.8, 4) is 0 Å². The Morgan fingerprint density at radius 2 is 2.19 bits per heavy atom. The summed E-state index contributed by atoms with van der Waals surface area (Å²) in [5.41, 5.74) is 0.890. The standard InChI is InChI=1S/C15H18N2O4/c1-3-13-9(2)14(18)15(21-13)16-7-6-10-8-11(17(19)20)4-5-12(10)16/h4-9,13-15,18H,3H2,1-2H3/t9?,13-,14+,15-/m1/s1.